The molecule has 2 saturated heterocycles. The molecule has 180 valence electrons. The van der Waals surface area contributed by atoms with Crippen LogP contribution in [0.3, 0.4) is 0 Å². The molecule has 3 amide bonds. The summed E-state index contributed by atoms with van der Waals surface area (Å²) in [5.41, 5.74) is 1.47. The van der Waals surface area contributed by atoms with E-state index in [1.807, 2.05) is 40.1 Å². The van der Waals surface area contributed by atoms with E-state index in [0.29, 0.717) is 43.7 Å². The Hall–Kier alpha value is -3.35. The molecule has 2 heterocycles. The molecule has 2 fully saturated rings. The van der Waals surface area contributed by atoms with Gasteiger partial charge >= 0.3 is 0 Å². The number of carbonyl (C=O) groups excluding carboxylic acids is 3. The van der Waals surface area contributed by atoms with Gasteiger partial charge in [-0.1, -0.05) is 36.4 Å². The topological polar surface area (TPSA) is 79.0 Å². The molecule has 1 atom stereocenters. The number of hydrogen-bond acceptors (Lipinski definition) is 4. The highest BCUT2D eigenvalue weighted by Crippen LogP contribution is 2.25. The maximum absolute atomic E-state index is 13.4. The van der Waals surface area contributed by atoms with E-state index in [4.69, 9.17) is 4.74 Å². The Bertz CT molecular complexity index is 996. The van der Waals surface area contributed by atoms with Crippen LogP contribution >= 0.6 is 0 Å². The lowest BCUT2D eigenvalue weighted by atomic mass is 9.88. The average molecular weight is 464 g/mol. The lowest BCUT2D eigenvalue weighted by molar-refractivity contribution is -0.135. The molecule has 0 aliphatic carbocycles. The number of ether oxygens (including phenoxy) is 1. The molecule has 0 bridgehead atoms. The Morgan fingerprint density at radius 1 is 0.941 bits per heavy atom. The molecule has 0 radical (unpaired) electrons. The second kappa shape index (κ2) is 11.2. The smallest absolute Gasteiger partial charge is 0.252 e. The minimum atomic E-state index is -0.594. The Balaban J connectivity index is 1.42. The van der Waals surface area contributed by atoms with Gasteiger partial charge in [0.1, 0.15) is 11.8 Å². The third-order valence-corrected chi connectivity index (χ3v) is 6.86. The molecule has 7 nitrogen and oxygen atoms in total. The molecule has 2 aromatic carbocycles. The van der Waals surface area contributed by atoms with Crippen LogP contribution in [0.25, 0.3) is 0 Å². The van der Waals surface area contributed by atoms with Crippen LogP contribution in [-0.2, 0) is 16.0 Å². The van der Waals surface area contributed by atoms with Gasteiger partial charge in [0.05, 0.1) is 13.5 Å². The van der Waals surface area contributed by atoms with Crippen molar-refractivity contribution in [3.63, 3.8) is 0 Å². The SMILES string of the molecule is COc1cccc(C(=O)N[C@H](C(=O)N2CCCC2)C2CCN(C(=O)Cc3ccccc3)CC2)c1. The van der Waals surface area contributed by atoms with Crippen molar-refractivity contribution in [1.82, 2.24) is 15.1 Å². The Morgan fingerprint density at radius 3 is 2.32 bits per heavy atom. The van der Waals surface area contributed by atoms with Crippen LogP contribution in [0.5, 0.6) is 5.75 Å². The molecule has 34 heavy (non-hydrogen) atoms. The molecule has 0 spiro atoms. The number of likely N-dealkylation sites (tertiary alicyclic amines) is 2. The average Bonchev–Trinajstić information content (AvgIpc) is 3.43. The van der Waals surface area contributed by atoms with Gasteiger partial charge in [-0.15, -0.1) is 0 Å². The van der Waals surface area contributed by atoms with Crippen LogP contribution in [0.1, 0.15) is 41.6 Å². The first-order valence-corrected chi connectivity index (χ1v) is 12.1. The molecule has 2 aliphatic heterocycles. The quantitative estimate of drug-likeness (QED) is 0.685. The van der Waals surface area contributed by atoms with E-state index >= 15 is 0 Å². The van der Waals surface area contributed by atoms with E-state index in [1.54, 1.807) is 31.4 Å². The second-order valence-electron chi connectivity index (χ2n) is 9.10. The van der Waals surface area contributed by atoms with Gasteiger partial charge in [-0.2, -0.15) is 0 Å². The van der Waals surface area contributed by atoms with Crippen molar-refractivity contribution < 1.29 is 19.1 Å². The number of nitrogens with one attached hydrogen (secondary N) is 1. The van der Waals surface area contributed by atoms with Gasteiger partial charge in [0.25, 0.3) is 5.91 Å². The number of amides is 3. The summed E-state index contributed by atoms with van der Waals surface area (Å²) in [6.45, 7) is 2.65. The van der Waals surface area contributed by atoms with Crippen LogP contribution < -0.4 is 10.1 Å². The van der Waals surface area contributed by atoms with Gasteiger partial charge in [0.2, 0.25) is 11.8 Å². The highest BCUT2D eigenvalue weighted by atomic mass is 16.5. The fourth-order valence-electron chi connectivity index (χ4n) is 4.87. The third-order valence-electron chi connectivity index (χ3n) is 6.86. The van der Waals surface area contributed by atoms with Crippen LogP contribution in [-0.4, -0.2) is 66.9 Å². The minimum absolute atomic E-state index is 0.0107. The summed E-state index contributed by atoms with van der Waals surface area (Å²) >= 11 is 0. The fraction of sp³-hybridized carbons (Fsp3) is 0.444. The first-order chi connectivity index (χ1) is 16.5. The number of benzene rings is 2. The van der Waals surface area contributed by atoms with E-state index < -0.39 is 6.04 Å². The molecule has 7 heteroatoms. The highest BCUT2D eigenvalue weighted by Gasteiger charge is 2.36. The number of hydrogen-bond donors (Lipinski definition) is 1. The van der Waals surface area contributed by atoms with Crippen LogP contribution in [0.2, 0.25) is 0 Å². The third kappa shape index (κ3) is 5.76. The van der Waals surface area contributed by atoms with Crippen molar-refractivity contribution >= 4 is 17.7 Å². The number of piperidine rings is 1. The predicted molar refractivity (Wildman–Crippen MR) is 130 cm³/mol. The molecule has 2 aliphatic rings. The molecule has 0 unspecified atom stereocenters. The maximum Gasteiger partial charge on any atom is 0.252 e. The van der Waals surface area contributed by atoms with Gasteiger partial charge in [-0.25, -0.2) is 0 Å². The van der Waals surface area contributed by atoms with Gasteiger partial charge in [0.15, 0.2) is 0 Å². The number of methoxy groups -OCH3 is 1. The van der Waals surface area contributed by atoms with Crippen molar-refractivity contribution in [2.75, 3.05) is 33.3 Å². The van der Waals surface area contributed by atoms with Crippen molar-refractivity contribution in [2.24, 2.45) is 5.92 Å². The zero-order valence-electron chi connectivity index (χ0n) is 19.7. The molecular weight excluding hydrogens is 430 g/mol. The summed E-state index contributed by atoms with van der Waals surface area (Å²) < 4.78 is 5.24. The summed E-state index contributed by atoms with van der Waals surface area (Å²) in [7, 11) is 1.56. The number of rotatable bonds is 7. The predicted octanol–water partition coefficient (Wildman–Crippen LogP) is 2.90. The van der Waals surface area contributed by atoms with Crippen LogP contribution in [0.4, 0.5) is 0 Å². The summed E-state index contributed by atoms with van der Waals surface area (Å²) in [4.78, 5) is 43.0. The van der Waals surface area contributed by atoms with E-state index in [0.717, 1.165) is 31.5 Å². The maximum atomic E-state index is 13.4. The van der Waals surface area contributed by atoms with Gasteiger partial charge in [-0.05, 0) is 55.4 Å². The first kappa shape index (κ1) is 23.8. The Kier molecular flexibility index (Phi) is 7.83. The van der Waals surface area contributed by atoms with Crippen LogP contribution in [0, 0.1) is 5.92 Å². The zero-order chi connectivity index (χ0) is 23.9. The lowest BCUT2D eigenvalue weighted by Gasteiger charge is -2.37. The monoisotopic (exact) mass is 463 g/mol. The fourth-order valence-corrected chi connectivity index (χ4v) is 4.87. The molecule has 2 aromatic rings. The van der Waals surface area contributed by atoms with E-state index in [2.05, 4.69) is 5.32 Å². The molecular formula is C27H33N3O4. The molecule has 0 saturated carbocycles. The van der Waals surface area contributed by atoms with Gasteiger partial charge in [-0.3, -0.25) is 14.4 Å². The normalized spacial score (nSPS) is 17.3. The number of nitrogens with zero attached hydrogens (tertiary/aromatic N) is 2. The van der Waals surface area contributed by atoms with Crippen LogP contribution in [0.15, 0.2) is 54.6 Å². The largest absolute Gasteiger partial charge is 0.497 e. The Morgan fingerprint density at radius 2 is 1.65 bits per heavy atom. The number of carbonyl (C=O) groups is 3. The summed E-state index contributed by atoms with van der Waals surface area (Å²) in [5.74, 6) is 0.401. The minimum Gasteiger partial charge on any atom is -0.497 e. The van der Waals surface area contributed by atoms with Gasteiger partial charge < -0.3 is 19.9 Å². The van der Waals surface area contributed by atoms with E-state index in [-0.39, 0.29) is 23.6 Å². The van der Waals surface area contributed by atoms with E-state index in [1.165, 1.54) is 0 Å². The highest BCUT2D eigenvalue weighted by molar-refractivity contribution is 5.98. The van der Waals surface area contributed by atoms with Gasteiger partial charge in [0, 0.05) is 31.7 Å². The second-order valence-corrected chi connectivity index (χ2v) is 9.10. The summed E-state index contributed by atoms with van der Waals surface area (Å²) in [6.07, 6.45) is 3.74. The zero-order valence-corrected chi connectivity index (χ0v) is 19.7. The van der Waals surface area contributed by atoms with Crippen molar-refractivity contribution in [2.45, 2.75) is 38.1 Å². The molecule has 0 aromatic heterocycles. The van der Waals surface area contributed by atoms with Crippen molar-refractivity contribution in [1.29, 1.82) is 0 Å². The molecule has 4 rings (SSSR count). The first-order valence-electron chi connectivity index (χ1n) is 12.1. The molecule has 1 N–H and O–H groups in total. The lowest BCUT2D eigenvalue weighted by Crippen LogP contribution is -2.54. The standard InChI is InChI=1S/C27H33N3O4/c1-34-23-11-7-10-22(19-23)26(32)28-25(27(33)30-14-5-6-15-30)21-12-16-29(17-13-21)24(31)18-20-8-3-2-4-9-20/h2-4,7-11,19,21,25H,5-6,12-18H2,1H3,(H,28,32)/t25-/m0/s1. The Labute approximate surface area is 201 Å². The van der Waals surface area contributed by atoms with Crippen molar-refractivity contribution in [3.8, 4) is 5.75 Å². The summed E-state index contributed by atoms with van der Waals surface area (Å²) in [6, 6.07) is 16.1. The van der Waals surface area contributed by atoms with E-state index in [9.17, 15) is 14.4 Å². The summed E-state index contributed by atoms with van der Waals surface area (Å²) in [5, 5.41) is 3.03. The van der Waals surface area contributed by atoms with Crippen molar-refractivity contribution in [3.05, 3.63) is 65.7 Å².